The maximum Gasteiger partial charge on any atom is 0.226 e. The van der Waals surface area contributed by atoms with Crippen molar-refractivity contribution < 1.29 is 9.53 Å². The molecule has 0 spiro atoms. The molecule has 2 aromatic carbocycles. The highest BCUT2D eigenvalue weighted by atomic mass is 32.1. The van der Waals surface area contributed by atoms with Crippen LogP contribution in [0.5, 0.6) is 5.75 Å². The molecule has 0 aliphatic heterocycles. The van der Waals surface area contributed by atoms with Crippen molar-refractivity contribution in [2.24, 2.45) is 0 Å². The van der Waals surface area contributed by atoms with Gasteiger partial charge in [0.25, 0.3) is 0 Å². The van der Waals surface area contributed by atoms with E-state index in [0.29, 0.717) is 11.6 Å². The lowest BCUT2D eigenvalue weighted by atomic mass is 10.1. The molecule has 4 nitrogen and oxygen atoms in total. The molecule has 0 saturated carbocycles. The van der Waals surface area contributed by atoms with Gasteiger partial charge in [-0.3, -0.25) is 4.79 Å². The number of anilines is 1. The summed E-state index contributed by atoms with van der Waals surface area (Å²) in [5.74, 6) is 0.863. The molecule has 1 amide bonds. The van der Waals surface area contributed by atoms with E-state index >= 15 is 0 Å². The summed E-state index contributed by atoms with van der Waals surface area (Å²) in [5.41, 5.74) is 3.33. The van der Waals surface area contributed by atoms with Crippen LogP contribution in [0.15, 0.2) is 42.5 Å². The molecule has 1 N–H and O–H groups in total. The highest BCUT2D eigenvalue weighted by molar-refractivity contribution is 7.22. The van der Waals surface area contributed by atoms with Gasteiger partial charge in [0.15, 0.2) is 5.13 Å². The van der Waals surface area contributed by atoms with E-state index in [4.69, 9.17) is 4.74 Å². The number of nitrogens with zero attached hydrogens (tertiary/aromatic N) is 1. The third kappa shape index (κ3) is 4.11. The fourth-order valence-electron chi connectivity index (χ4n) is 2.51. The van der Waals surface area contributed by atoms with Crippen LogP contribution >= 0.6 is 11.3 Å². The van der Waals surface area contributed by atoms with Gasteiger partial charge in [-0.25, -0.2) is 4.98 Å². The van der Waals surface area contributed by atoms with E-state index in [0.717, 1.165) is 28.8 Å². The van der Waals surface area contributed by atoms with Gasteiger partial charge in [0.2, 0.25) is 5.91 Å². The number of aryl methyl sites for hydroxylation is 2. The first-order valence-corrected chi connectivity index (χ1v) is 8.75. The Morgan fingerprint density at radius 3 is 2.75 bits per heavy atom. The van der Waals surface area contributed by atoms with Crippen molar-refractivity contribution in [3.05, 3.63) is 53.6 Å². The second kappa shape index (κ2) is 7.45. The van der Waals surface area contributed by atoms with E-state index in [9.17, 15) is 4.79 Å². The SMILES string of the molecule is COc1ccc(CCCC(=O)Nc2nc3ccc(C)cc3s2)cc1. The van der Waals surface area contributed by atoms with Crippen LogP contribution in [0.4, 0.5) is 5.13 Å². The van der Waals surface area contributed by atoms with Crippen LogP contribution in [0.2, 0.25) is 0 Å². The number of thiazole rings is 1. The average molecular weight is 340 g/mol. The maximum absolute atomic E-state index is 12.1. The quantitative estimate of drug-likeness (QED) is 0.715. The van der Waals surface area contributed by atoms with Gasteiger partial charge in [-0.15, -0.1) is 0 Å². The number of carbonyl (C=O) groups excluding carboxylic acids is 1. The predicted molar refractivity (Wildman–Crippen MR) is 98.9 cm³/mol. The number of fused-ring (bicyclic) bond motifs is 1. The molecule has 0 radical (unpaired) electrons. The van der Waals surface area contributed by atoms with Crippen LogP contribution in [-0.4, -0.2) is 18.0 Å². The van der Waals surface area contributed by atoms with E-state index < -0.39 is 0 Å². The summed E-state index contributed by atoms with van der Waals surface area (Å²) in [5, 5.41) is 3.58. The van der Waals surface area contributed by atoms with Crippen LogP contribution in [0.25, 0.3) is 10.2 Å². The predicted octanol–water partition coefficient (Wildman–Crippen LogP) is 4.57. The van der Waals surface area contributed by atoms with Crippen molar-refractivity contribution in [1.82, 2.24) is 4.98 Å². The second-order valence-electron chi connectivity index (χ2n) is 5.74. The van der Waals surface area contributed by atoms with Gasteiger partial charge in [0.1, 0.15) is 5.75 Å². The Labute approximate surface area is 145 Å². The van der Waals surface area contributed by atoms with Crippen molar-refractivity contribution in [3.8, 4) is 5.75 Å². The maximum atomic E-state index is 12.1. The van der Waals surface area contributed by atoms with Crippen molar-refractivity contribution in [1.29, 1.82) is 0 Å². The smallest absolute Gasteiger partial charge is 0.226 e. The first-order chi connectivity index (χ1) is 11.6. The van der Waals surface area contributed by atoms with Crippen molar-refractivity contribution in [2.75, 3.05) is 12.4 Å². The van der Waals surface area contributed by atoms with Gasteiger partial charge in [0, 0.05) is 6.42 Å². The summed E-state index contributed by atoms with van der Waals surface area (Å²) in [6.45, 7) is 2.05. The Hall–Kier alpha value is -2.40. The van der Waals surface area contributed by atoms with Gasteiger partial charge >= 0.3 is 0 Å². The topological polar surface area (TPSA) is 51.2 Å². The second-order valence-corrected chi connectivity index (χ2v) is 6.77. The minimum absolute atomic E-state index is 0.0132. The average Bonchev–Trinajstić information content (AvgIpc) is 2.96. The van der Waals surface area contributed by atoms with Crippen LogP contribution in [0.3, 0.4) is 0 Å². The lowest BCUT2D eigenvalue weighted by molar-refractivity contribution is -0.116. The zero-order valence-electron chi connectivity index (χ0n) is 13.8. The normalized spacial score (nSPS) is 10.8. The number of methoxy groups -OCH3 is 1. The molecule has 5 heteroatoms. The molecule has 24 heavy (non-hydrogen) atoms. The van der Waals surface area contributed by atoms with Crippen LogP contribution in [-0.2, 0) is 11.2 Å². The van der Waals surface area contributed by atoms with E-state index in [1.54, 1.807) is 7.11 Å². The Kier molecular flexibility index (Phi) is 5.11. The van der Waals surface area contributed by atoms with Gasteiger partial charge in [-0.2, -0.15) is 0 Å². The first-order valence-electron chi connectivity index (χ1n) is 7.94. The largest absolute Gasteiger partial charge is 0.497 e. The Morgan fingerprint density at radius 2 is 2.00 bits per heavy atom. The molecule has 0 saturated heterocycles. The molecule has 3 rings (SSSR count). The summed E-state index contributed by atoms with van der Waals surface area (Å²) < 4.78 is 6.24. The first kappa shape index (κ1) is 16.5. The molecule has 0 aliphatic carbocycles. The lowest BCUT2D eigenvalue weighted by Crippen LogP contribution is -2.11. The molecular weight excluding hydrogens is 320 g/mol. The molecule has 0 bridgehead atoms. The summed E-state index contributed by atoms with van der Waals surface area (Å²) in [6.07, 6.45) is 2.17. The van der Waals surface area contributed by atoms with Gasteiger partial charge < -0.3 is 10.1 Å². The third-order valence-electron chi connectivity index (χ3n) is 3.82. The Balaban J connectivity index is 1.51. The van der Waals surface area contributed by atoms with Crippen molar-refractivity contribution in [2.45, 2.75) is 26.2 Å². The zero-order chi connectivity index (χ0) is 16.9. The van der Waals surface area contributed by atoms with E-state index in [2.05, 4.69) is 23.3 Å². The summed E-state index contributed by atoms with van der Waals surface area (Å²) in [4.78, 5) is 16.5. The number of amides is 1. The minimum atomic E-state index is 0.0132. The van der Waals surface area contributed by atoms with Crippen molar-refractivity contribution >= 4 is 32.6 Å². The fourth-order valence-corrected chi connectivity index (χ4v) is 3.49. The molecule has 3 aromatic rings. The number of carbonyl (C=O) groups is 1. The van der Waals surface area contributed by atoms with E-state index in [1.165, 1.54) is 22.5 Å². The monoisotopic (exact) mass is 340 g/mol. The van der Waals surface area contributed by atoms with Crippen LogP contribution < -0.4 is 10.1 Å². The molecule has 124 valence electrons. The molecule has 0 aliphatic rings. The standard InChI is InChI=1S/C19H20N2O2S/c1-13-6-11-16-17(12-13)24-19(20-16)21-18(22)5-3-4-14-7-9-15(23-2)10-8-14/h6-12H,3-5H2,1-2H3,(H,20,21,22). The van der Waals surface area contributed by atoms with E-state index in [1.807, 2.05) is 36.4 Å². The minimum Gasteiger partial charge on any atom is -0.497 e. The number of ether oxygens (including phenoxy) is 1. The number of rotatable bonds is 6. The van der Waals surface area contributed by atoms with Gasteiger partial charge in [-0.05, 0) is 55.2 Å². The summed E-state index contributed by atoms with van der Waals surface area (Å²) in [6, 6.07) is 14.1. The molecule has 1 aromatic heterocycles. The number of aromatic nitrogens is 1. The molecule has 1 heterocycles. The third-order valence-corrected chi connectivity index (χ3v) is 4.75. The molecule has 0 unspecified atom stereocenters. The van der Waals surface area contributed by atoms with Gasteiger partial charge in [-0.1, -0.05) is 29.5 Å². The van der Waals surface area contributed by atoms with E-state index in [-0.39, 0.29) is 5.91 Å². The number of hydrogen-bond acceptors (Lipinski definition) is 4. The van der Waals surface area contributed by atoms with Gasteiger partial charge in [0.05, 0.1) is 17.3 Å². The van der Waals surface area contributed by atoms with Crippen LogP contribution in [0.1, 0.15) is 24.0 Å². The summed E-state index contributed by atoms with van der Waals surface area (Å²) >= 11 is 1.52. The number of nitrogens with one attached hydrogen (secondary N) is 1. The fraction of sp³-hybridized carbons (Fsp3) is 0.263. The highest BCUT2D eigenvalue weighted by Gasteiger charge is 2.08. The Morgan fingerprint density at radius 1 is 1.21 bits per heavy atom. The van der Waals surface area contributed by atoms with Crippen LogP contribution in [0, 0.1) is 6.92 Å². The Bertz CT molecular complexity index is 840. The molecule has 0 fully saturated rings. The number of hydrogen-bond donors (Lipinski definition) is 1. The summed E-state index contributed by atoms with van der Waals surface area (Å²) in [7, 11) is 1.66. The molecule has 0 atom stereocenters. The number of benzene rings is 2. The zero-order valence-corrected chi connectivity index (χ0v) is 14.7. The molecular formula is C19H20N2O2S. The lowest BCUT2D eigenvalue weighted by Gasteiger charge is -2.04. The highest BCUT2D eigenvalue weighted by Crippen LogP contribution is 2.26. The van der Waals surface area contributed by atoms with Crippen molar-refractivity contribution in [3.63, 3.8) is 0 Å².